The fourth-order valence-corrected chi connectivity index (χ4v) is 2.35. The Morgan fingerprint density at radius 2 is 1.85 bits per heavy atom. The first kappa shape index (κ1) is 12.8. The molecule has 0 N–H and O–H groups in total. The van der Waals surface area contributed by atoms with E-state index in [9.17, 15) is 4.39 Å². The van der Waals surface area contributed by atoms with Gasteiger partial charge < -0.3 is 4.90 Å². The number of pyridine rings is 1. The smallest absolute Gasteiger partial charge is 0.139 e. The molecule has 0 aliphatic rings. The maximum absolute atomic E-state index is 13.5. The van der Waals surface area contributed by atoms with Crippen molar-refractivity contribution in [1.29, 1.82) is 0 Å². The Kier molecular flexibility index (Phi) is 3.24. The third kappa shape index (κ3) is 2.30. The number of imidazole rings is 1. The number of fused-ring (bicyclic) bond motifs is 1. The average Bonchev–Trinajstić information content (AvgIpc) is 2.77. The van der Waals surface area contributed by atoms with Crippen LogP contribution in [0.5, 0.6) is 0 Å². The number of benzene rings is 1. The van der Waals surface area contributed by atoms with Gasteiger partial charge in [-0.3, -0.25) is 4.40 Å². The molecule has 3 rings (SSSR count). The van der Waals surface area contributed by atoms with E-state index in [1.807, 2.05) is 48.8 Å². The van der Waals surface area contributed by atoms with E-state index in [1.54, 1.807) is 6.07 Å². The first-order valence-electron chi connectivity index (χ1n) is 6.52. The van der Waals surface area contributed by atoms with Crippen LogP contribution in [0.25, 0.3) is 16.9 Å². The molecule has 3 nitrogen and oxygen atoms in total. The first-order valence-corrected chi connectivity index (χ1v) is 6.52. The summed E-state index contributed by atoms with van der Waals surface area (Å²) in [7, 11) is 3.99. The van der Waals surface area contributed by atoms with Gasteiger partial charge in [0.25, 0.3) is 0 Å². The van der Waals surface area contributed by atoms with Crippen molar-refractivity contribution < 1.29 is 4.39 Å². The van der Waals surface area contributed by atoms with E-state index in [1.165, 1.54) is 12.3 Å². The Labute approximate surface area is 117 Å². The van der Waals surface area contributed by atoms with E-state index in [2.05, 4.69) is 9.88 Å². The molecule has 0 saturated carbocycles. The zero-order valence-electron chi connectivity index (χ0n) is 11.5. The highest BCUT2D eigenvalue weighted by molar-refractivity contribution is 5.66. The van der Waals surface area contributed by atoms with E-state index in [0.29, 0.717) is 6.54 Å². The monoisotopic (exact) mass is 269 g/mol. The number of rotatable bonds is 3. The predicted molar refractivity (Wildman–Crippen MR) is 78.0 cm³/mol. The molecule has 0 aliphatic heterocycles. The van der Waals surface area contributed by atoms with Crippen LogP contribution >= 0.6 is 0 Å². The van der Waals surface area contributed by atoms with Gasteiger partial charge in [-0.1, -0.05) is 30.3 Å². The number of hydrogen-bond acceptors (Lipinski definition) is 2. The number of aromatic nitrogens is 2. The second-order valence-corrected chi connectivity index (χ2v) is 5.09. The minimum absolute atomic E-state index is 0.255. The SMILES string of the molecule is CN(C)Cc1c(-c2ccccc2)nc2ccc(F)cn12. The van der Waals surface area contributed by atoms with Crippen LogP contribution in [-0.2, 0) is 6.54 Å². The van der Waals surface area contributed by atoms with Gasteiger partial charge in [-0.15, -0.1) is 0 Å². The highest BCUT2D eigenvalue weighted by Gasteiger charge is 2.14. The lowest BCUT2D eigenvalue weighted by atomic mass is 10.1. The van der Waals surface area contributed by atoms with Gasteiger partial charge in [0.2, 0.25) is 0 Å². The lowest BCUT2D eigenvalue weighted by Gasteiger charge is -2.11. The predicted octanol–water partition coefficient (Wildman–Crippen LogP) is 3.20. The summed E-state index contributed by atoms with van der Waals surface area (Å²) in [6.45, 7) is 0.703. The normalized spacial score (nSPS) is 11.4. The third-order valence-electron chi connectivity index (χ3n) is 3.19. The third-order valence-corrected chi connectivity index (χ3v) is 3.19. The molecule has 2 aromatic heterocycles. The van der Waals surface area contributed by atoms with Crippen molar-refractivity contribution in [2.75, 3.05) is 14.1 Å². The van der Waals surface area contributed by atoms with Crippen molar-refractivity contribution >= 4 is 5.65 Å². The summed E-state index contributed by atoms with van der Waals surface area (Å²) in [5, 5.41) is 0. The van der Waals surface area contributed by atoms with Gasteiger partial charge in [-0.2, -0.15) is 0 Å². The van der Waals surface area contributed by atoms with Gasteiger partial charge in [-0.05, 0) is 26.2 Å². The van der Waals surface area contributed by atoms with Crippen molar-refractivity contribution in [3.8, 4) is 11.3 Å². The standard InChI is InChI=1S/C16H16FN3/c1-19(2)11-14-16(12-6-4-3-5-7-12)18-15-9-8-13(17)10-20(14)15/h3-10H,11H2,1-2H3. The molecule has 0 amide bonds. The summed E-state index contributed by atoms with van der Waals surface area (Å²) >= 11 is 0. The summed E-state index contributed by atoms with van der Waals surface area (Å²) in [4.78, 5) is 6.70. The van der Waals surface area contributed by atoms with Crippen LogP contribution in [0.4, 0.5) is 4.39 Å². The van der Waals surface area contributed by atoms with E-state index in [-0.39, 0.29) is 5.82 Å². The quantitative estimate of drug-likeness (QED) is 0.728. The number of nitrogens with zero attached hydrogens (tertiary/aromatic N) is 3. The van der Waals surface area contributed by atoms with Crippen LogP contribution < -0.4 is 0 Å². The molecule has 0 fully saturated rings. The lowest BCUT2D eigenvalue weighted by Crippen LogP contribution is -2.13. The van der Waals surface area contributed by atoms with Crippen molar-refractivity contribution in [1.82, 2.24) is 14.3 Å². The van der Waals surface area contributed by atoms with E-state index in [0.717, 1.165) is 22.6 Å². The van der Waals surface area contributed by atoms with Crippen LogP contribution in [0.15, 0.2) is 48.7 Å². The van der Waals surface area contributed by atoms with Crippen molar-refractivity contribution in [2.24, 2.45) is 0 Å². The molecule has 0 spiro atoms. The molecule has 1 aromatic carbocycles. The second kappa shape index (κ2) is 5.06. The molecule has 2 heterocycles. The maximum atomic E-state index is 13.5. The highest BCUT2D eigenvalue weighted by Crippen LogP contribution is 2.25. The fraction of sp³-hybridized carbons (Fsp3) is 0.188. The van der Waals surface area contributed by atoms with Gasteiger partial charge >= 0.3 is 0 Å². The zero-order chi connectivity index (χ0) is 14.1. The Morgan fingerprint density at radius 1 is 1.10 bits per heavy atom. The molecular weight excluding hydrogens is 253 g/mol. The molecule has 3 aromatic rings. The van der Waals surface area contributed by atoms with Crippen LogP contribution in [-0.4, -0.2) is 28.4 Å². The zero-order valence-corrected chi connectivity index (χ0v) is 11.5. The summed E-state index contributed by atoms with van der Waals surface area (Å²) in [5.41, 5.74) is 3.72. The Morgan fingerprint density at radius 3 is 2.55 bits per heavy atom. The van der Waals surface area contributed by atoms with E-state index >= 15 is 0 Å². The Bertz CT molecular complexity index is 732. The van der Waals surface area contributed by atoms with Crippen molar-refractivity contribution in [3.05, 3.63) is 60.2 Å². The molecule has 0 unspecified atom stereocenters. The van der Waals surface area contributed by atoms with E-state index in [4.69, 9.17) is 0 Å². The Hall–Kier alpha value is -2.20. The molecule has 0 aliphatic carbocycles. The number of hydrogen-bond donors (Lipinski definition) is 0. The molecule has 102 valence electrons. The summed E-state index contributed by atoms with van der Waals surface area (Å²) in [5.74, 6) is -0.255. The largest absolute Gasteiger partial charge is 0.304 e. The molecule has 0 bridgehead atoms. The van der Waals surface area contributed by atoms with Crippen molar-refractivity contribution in [2.45, 2.75) is 6.54 Å². The van der Waals surface area contributed by atoms with Crippen molar-refractivity contribution in [3.63, 3.8) is 0 Å². The van der Waals surface area contributed by atoms with Gasteiger partial charge in [0, 0.05) is 18.3 Å². The van der Waals surface area contributed by atoms with Crippen LogP contribution in [0.2, 0.25) is 0 Å². The maximum Gasteiger partial charge on any atom is 0.139 e. The minimum Gasteiger partial charge on any atom is -0.304 e. The minimum atomic E-state index is -0.255. The van der Waals surface area contributed by atoms with Gasteiger partial charge in [0.05, 0.1) is 11.4 Å². The number of halogens is 1. The first-order chi connectivity index (χ1) is 9.65. The van der Waals surface area contributed by atoms with E-state index < -0.39 is 0 Å². The van der Waals surface area contributed by atoms with Gasteiger partial charge in [-0.25, -0.2) is 9.37 Å². The highest BCUT2D eigenvalue weighted by atomic mass is 19.1. The molecular formula is C16H16FN3. The van der Waals surface area contributed by atoms with Crippen LogP contribution in [0.3, 0.4) is 0 Å². The molecule has 0 radical (unpaired) electrons. The Balaban J connectivity index is 2.25. The van der Waals surface area contributed by atoms with Gasteiger partial charge in [0.1, 0.15) is 11.5 Å². The second-order valence-electron chi connectivity index (χ2n) is 5.09. The summed E-state index contributed by atoms with van der Waals surface area (Å²) < 4.78 is 15.3. The molecule has 0 saturated heterocycles. The summed E-state index contributed by atoms with van der Waals surface area (Å²) in [6, 6.07) is 13.1. The fourth-order valence-electron chi connectivity index (χ4n) is 2.35. The molecule has 0 atom stereocenters. The molecule has 4 heteroatoms. The van der Waals surface area contributed by atoms with Crippen LogP contribution in [0, 0.1) is 5.82 Å². The van der Waals surface area contributed by atoms with Gasteiger partial charge in [0.15, 0.2) is 0 Å². The lowest BCUT2D eigenvalue weighted by molar-refractivity contribution is 0.396. The average molecular weight is 269 g/mol. The van der Waals surface area contributed by atoms with Crippen LogP contribution in [0.1, 0.15) is 5.69 Å². The summed E-state index contributed by atoms with van der Waals surface area (Å²) in [6.07, 6.45) is 1.49. The molecule has 20 heavy (non-hydrogen) atoms. The topological polar surface area (TPSA) is 20.5 Å².